The van der Waals surface area contributed by atoms with Gasteiger partial charge in [0.2, 0.25) is 0 Å². The van der Waals surface area contributed by atoms with Crippen LogP contribution < -0.4 is 4.74 Å². The van der Waals surface area contributed by atoms with Gasteiger partial charge >= 0.3 is 12.3 Å². The van der Waals surface area contributed by atoms with Crippen molar-refractivity contribution in [2.75, 3.05) is 6.61 Å². The molecule has 1 aromatic rings. The normalized spacial score (nSPS) is 11.1. The first-order valence-corrected chi connectivity index (χ1v) is 5.70. The Kier molecular flexibility index (Phi) is 5.06. The van der Waals surface area contributed by atoms with E-state index >= 15 is 0 Å². The van der Waals surface area contributed by atoms with Crippen LogP contribution in [0.4, 0.5) is 18.9 Å². The van der Waals surface area contributed by atoms with Gasteiger partial charge in [0.1, 0.15) is 5.69 Å². The fourth-order valence-corrected chi connectivity index (χ4v) is 1.49. The Morgan fingerprint density at radius 1 is 1.48 bits per heavy atom. The molecule has 21 heavy (non-hydrogen) atoms. The first-order chi connectivity index (χ1) is 9.64. The zero-order valence-corrected chi connectivity index (χ0v) is 11.1. The third-order valence-corrected chi connectivity index (χ3v) is 2.26. The van der Waals surface area contributed by atoms with Crippen LogP contribution in [0, 0.1) is 17.0 Å². The van der Waals surface area contributed by atoms with E-state index < -0.39 is 35.1 Å². The van der Waals surface area contributed by atoms with Crippen LogP contribution in [-0.4, -0.2) is 28.8 Å². The maximum Gasteiger partial charge on any atom is 0.573 e. The van der Waals surface area contributed by atoms with Crippen molar-refractivity contribution in [2.24, 2.45) is 0 Å². The predicted octanol–water partition coefficient (Wildman–Crippen LogP) is 2.30. The van der Waals surface area contributed by atoms with Crippen molar-refractivity contribution < 1.29 is 32.4 Å². The Hall–Kier alpha value is -2.39. The quantitative estimate of drug-likeness (QED) is 0.471. The van der Waals surface area contributed by atoms with E-state index in [1.54, 1.807) is 6.92 Å². The van der Waals surface area contributed by atoms with Gasteiger partial charge in [-0.25, -0.2) is 4.98 Å². The van der Waals surface area contributed by atoms with Crippen LogP contribution in [0.2, 0.25) is 0 Å². The summed E-state index contributed by atoms with van der Waals surface area (Å²) in [4.78, 5) is 24.9. The Morgan fingerprint density at radius 2 is 2.10 bits per heavy atom. The molecule has 0 saturated heterocycles. The molecule has 0 aliphatic rings. The Labute approximate surface area is 116 Å². The molecule has 1 aromatic heterocycles. The molecule has 0 aromatic carbocycles. The zero-order chi connectivity index (χ0) is 16.2. The van der Waals surface area contributed by atoms with Crippen LogP contribution in [0.25, 0.3) is 0 Å². The number of aryl methyl sites for hydroxylation is 1. The molecule has 1 heterocycles. The van der Waals surface area contributed by atoms with Crippen LogP contribution in [0.15, 0.2) is 6.07 Å². The second kappa shape index (κ2) is 6.37. The predicted molar refractivity (Wildman–Crippen MR) is 62.6 cm³/mol. The molecule has 0 aliphatic carbocycles. The average Bonchev–Trinajstić information content (AvgIpc) is 2.30. The third-order valence-electron chi connectivity index (χ3n) is 2.26. The van der Waals surface area contributed by atoms with Crippen LogP contribution in [0.5, 0.6) is 5.75 Å². The SMILES string of the molecule is CCOC(=O)Cc1nc(C)c(OC(F)(F)F)cc1[N+](=O)[O-]. The van der Waals surface area contributed by atoms with Gasteiger partial charge in [0, 0.05) is 0 Å². The lowest BCUT2D eigenvalue weighted by Gasteiger charge is -2.12. The van der Waals surface area contributed by atoms with E-state index in [2.05, 4.69) is 14.5 Å². The third kappa shape index (κ3) is 4.89. The monoisotopic (exact) mass is 308 g/mol. The number of ether oxygens (including phenoxy) is 2. The minimum Gasteiger partial charge on any atom is -0.466 e. The fraction of sp³-hybridized carbons (Fsp3) is 0.455. The summed E-state index contributed by atoms with van der Waals surface area (Å²) in [5.41, 5.74) is -1.25. The molecule has 7 nitrogen and oxygen atoms in total. The van der Waals surface area contributed by atoms with Crippen LogP contribution in [0.1, 0.15) is 18.3 Å². The van der Waals surface area contributed by atoms with E-state index in [0.29, 0.717) is 6.07 Å². The topological polar surface area (TPSA) is 91.6 Å². The highest BCUT2D eigenvalue weighted by Gasteiger charge is 2.33. The number of nitrogens with zero attached hydrogens (tertiary/aromatic N) is 2. The Balaban J connectivity index is 3.18. The van der Waals surface area contributed by atoms with Gasteiger partial charge in [-0.2, -0.15) is 0 Å². The molecular formula is C11H11F3N2O5. The minimum absolute atomic E-state index is 0.0703. The first kappa shape index (κ1) is 16.7. The van der Waals surface area contributed by atoms with Crippen molar-refractivity contribution in [3.8, 4) is 5.75 Å². The van der Waals surface area contributed by atoms with Gasteiger partial charge in [-0.05, 0) is 13.8 Å². The molecule has 0 spiro atoms. The zero-order valence-electron chi connectivity index (χ0n) is 11.1. The van der Waals surface area contributed by atoms with E-state index in [-0.39, 0.29) is 18.0 Å². The molecule has 1 rings (SSSR count). The number of carbonyl (C=O) groups is 1. The fourth-order valence-electron chi connectivity index (χ4n) is 1.49. The summed E-state index contributed by atoms with van der Waals surface area (Å²) in [7, 11) is 0. The van der Waals surface area contributed by atoms with Crippen molar-refractivity contribution >= 4 is 11.7 Å². The molecule has 0 unspecified atom stereocenters. The van der Waals surface area contributed by atoms with Gasteiger partial charge in [0.25, 0.3) is 5.69 Å². The van der Waals surface area contributed by atoms with Crippen molar-refractivity contribution in [3.63, 3.8) is 0 Å². The highest BCUT2D eigenvalue weighted by atomic mass is 19.4. The molecule has 10 heteroatoms. The number of rotatable bonds is 5. The summed E-state index contributed by atoms with van der Waals surface area (Å²) in [5.74, 6) is -1.56. The van der Waals surface area contributed by atoms with Gasteiger partial charge in [-0.15, -0.1) is 13.2 Å². The van der Waals surface area contributed by atoms with Gasteiger partial charge in [-0.1, -0.05) is 0 Å². The lowest BCUT2D eigenvalue weighted by molar-refractivity contribution is -0.386. The number of hydrogen-bond donors (Lipinski definition) is 0. The molecule has 0 radical (unpaired) electrons. The van der Waals surface area contributed by atoms with Gasteiger partial charge in [0.15, 0.2) is 5.75 Å². The number of esters is 1. The Bertz CT molecular complexity index is 560. The smallest absolute Gasteiger partial charge is 0.466 e. The lowest BCUT2D eigenvalue weighted by atomic mass is 10.2. The number of nitro groups is 1. The number of pyridine rings is 1. The molecule has 116 valence electrons. The molecule has 0 saturated carbocycles. The molecule has 0 N–H and O–H groups in total. The van der Waals surface area contributed by atoms with Crippen LogP contribution in [-0.2, 0) is 16.0 Å². The lowest BCUT2D eigenvalue weighted by Crippen LogP contribution is -2.19. The van der Waals surface area contributed by atoms with Gasteiger partial charge < -0.3 is 9.47 Å². The second-order valence-corrected chi connectivity index (χ2v) is 3.82. The minimum atomic E-state index is -5.00. The van der Waals surface area contributed by atoms with Crippen molar-refractivity contribution in [3.05, 3.63) is 27.6 Å². The van der Waals surface area contributed by atoms with Crippen LogP contribution >= 0.6 is 0 Å². The number of halogens is 3. The number of aromatic nitrogens is 1. The van der Waals surface area contributed by atoms with Crippen molar-refractivity contribution in [1.82, 2.24) is 4.98 Å². The molecule has 0 atom stereocenters. The Morgan fingerprint density at radius 3 is 2.57 bits per heavy atom. The number of carbonyl (C=O) groups excluding carboxylic acids is 1. The molecular weight excluding hydrogens is 297 g/mol. The van der Waals surface area contributed by atoms with Crippen LogP contribution in [0.3, 0.4) is 0 Å². The summed E-state index contributed by atoms with van der Waals surface area (Å²) in [5, 5.41) is 10.9. The summed E-state index contributed by atoms with van der Waals surface area (Å²) in [6, 6.07) is 0.588. The summed E-state index contributed by atoms with van der Waals surface area (Å²) >= 11 is 0. The highest BCUT2D eigenvalue weighted by Crippen LogP contribution is 2.30. The van der Waals surface area contributed by atoms with Crippen molar-refractivity contribution in [2.45, 2.75) is 26.6 Å². The molecule has 0 aliphatic heterocycles. The maximum absolute atomic E-state index is 12.2. The second-order valence-electron chi connectivity index (χ2n) is 3.82. The summed E-state index contributed by atoms with van der Waals surface area (Å²) in [6.45, 7) is 2.80. The first-order valence-electron chi connectivity index (χ1n) is 5.70. The maximum atomic E-state index is 12.2. The molecule has 0 amide bonds. The number of alkyl halides is 3. The van der Waals surface area contributed by atoms with E-state index in [1.165, 1.54) is 6.92 Å². The average molecular weight is 308 g/mol. The largest absolute Gasteiger partial charge is 0.573 e. The molecule has 0 fully saturated rings. The summed E-state index contributed by atoms with van der Waals surface area (Å²) < 4.78 is 44.8. The highest BCUT2D eigenvalue weighted by molar-refractivity contribution is 5.73. The van der Waals surface area contributed by atoms with E-state index in [4.69, 9.17) is 0 Å². The molecule has 0 bridgehead atoms. The van der Waals surface area contributed by atoms with Crippen molar-refractivity contribution in [1.29, 1.82) is 0 Å². The van der Waals surface area contributed by atoms with Gasteiger partial charge in [0.05, 0.1) is 29.7 Å². The number of hydrogen-bond acceptors (Lipinski definition) is 6. The van der Waals surface area contributed by atoms with E-state index in [1.807, 2.05) is 0 Å². The van der Waals surface area contributed by atoms with E-state index in [0.717, 1.165) is 0 Å². The summed E-state index contributed by atoms with van der Waals surface area (Å²) in [6.07, 6.45) is -5.51. The van der Waals surface area contributed by atoms with Gasteiger partial charge in [-0.3, -0.25) is 14.9 Å². The standard InChI is InChI=1S/C11H11F3N2O5/c1-3-20-10(17)4-7-8(16(18)19)5-9(6(2)15-7)21-11(12,13)14/h5H,3-4H2,1-2H3. The van der Waals surface area contributed by atoms with E-state index in [9.17, 15) is 28.1 Å².